The van der Waals surface area contributed by atoms with Gasteiger partial charge >= 0.3 is 0 Å². The second-order valence-corrected chi connectivity index (χ2v) is 5.29. The molecule has 3 nitrogen and oxygen atoms in total. The van der Waals surface area contributed by atoms with E-state index in [0.717, 1.165) is 12.8 Å². The Bertz CT molecular complexity index is 541. The Morgan fingerprint density at radius 3 is 2.75 bits per heavy atom. The predicted octanol–water partition coefficient (Wildman–Crippen LogP) is 2.44. The summed E-state index contributed by atoms with van der Waals surface area (Å²) < 4.78 is 13.8. The molecule has 1 amide bonds. The fourth-order valence-corrected chi connectivity index (χ4v) is 1.99. The standard InChI is InChI=1S/C16H21FN2O/c1-4-9-16(2,3)19-15(20)13-11-12(6-5-10-18)7-8-14(13)17/h7-8,11H,4,9-10,18H2,1-3H3,(H,19,20). The molecule has 4 heteroatoms. The number of carbonyl (C=O) groups is 1. The zero-order valence-corrected chi connectivity index (χ0v) is 12.2. The van der Waals surface area contributed by atoms with Crippen LogP contribution in [0.5, 0.6) is 0 Å². The number of hydrogen-bond acceptors (Lipinski definition) is 2. The van der Waals surface area contributed by atoms with Crippen molar-refractivity contribution in [2.45, 2.75) is 39.2 Å². The highest BCUT2D eigenvalue weighted by molar-refractivity contribution is 5.95. The first-order valence-corrected chi connectivity index (χ1v) is 6.70. The van der Waals surface area contributed by atoms with E-state index in [2.05, 4.69) is 17.2 Å². The van der Waals surface area contributed by atoms with Gasteiger partial charge < -0.3 is 11.1 Å². The van der Waals surface area contributed by atoms with Crippen molar-refractivity contribution in [3.05, 3.63) is 35.1 Å². The summed E-state index contributed by atoms with van der Waals surface area (Å²) in [6, 6.07) is 4.24. The van der Waals surface area contributed by atoms with Crippen LogP contribution in [0, 0.1) is 17.7 Å². The molecule has 0 aliphatic carbocycles. The van der Waals surface area contributed by atoms with Gasteiger partial charge in [-0.2, -0.15) is 0 Å². The van der Waals surface area contributed by atoms with Gasteiger partial charge in [-0.3, -0.25) is 4.79 Å². The molecule has 0 bridgehead atoms. The average molecular weight is 276 g/mol. The molecular weight excluding hydrogens is 255 g/mol. The van der Waals surface area contributed by atoms with E-state index in [1.54, 1.807) is 0 Å². The molecule has 1 rings (SSSR count). The van der Waals surface area contributed by atoms with E-state index in [0.29, 0.717) is 5.56 Å². The molecule has 0 saturated carbocycles. The van der Waals surface area contributed by atoms with Crippen molar-refractivity contribution in [1.29, 1.82) is 0 Å². The van der Waals surface area contributed by atoms with E-state index >= 15 is 0 Å². The van der Waals surface area contributed by atoms with Crippen LogP contribution in [-0.4, -0.2) is 18.0 Å². The van der Waals surface area contributed by atoms with E-state index in [1.165, 1.54) is 18.2 Å². The smallest absolute Gasteiger partial charge is 0.254 e. The van der Waals surface area contributed by atoms with Crippen molar-refractivity contribution in [3.8, 4) is 11.8 Å². The molecule has 0 heterocycles. The normalized spacial score (nSPS) is 10.7. The number of benzene rings is 1. The number of nitrogens with one attached hydrogen (secondary N) is 1. The molecule has 0 fully saturated rings. The predicted molar refractivity (Wildman–Crippen MR) is 78.8 cm³/mol. The molecule has 0 radical (unpaired) electrons. The van der Waals surface area contributed by atoms with Crippen molar-refractivity contribution in [1.82, 2.24) is 5.32 Å². The van der Waals surface area contributed by atoms with Gasteiger partial charge in [0.2, 0.25) is 0 Å². The van der Waals surface area contributed by atoms with E-state index in [1.807, 2.05) is 20.8 Å². The maximum atomic E-state index is 13.8. The molecule has 0 aromatic heterocycles. The van der Waals surface area contributed by atoms with Crippen LogP contribution in [0.15, 0.2) is 18.2 Å². The monoisotopic (exact) mass is 276 g/mol. The average Bonchev–Trinajstić information content (AvgIpc) is 2.36. The first kappa shape index (κ1) is 16.2. The molecule has 1 aromatic rings. The van der Waals surface area contributed by atoms with Gasteiger partial charge in [0.05, 0.1) is 12.1 Å². The Morgan fingerprint density at radius 2 is 2.15 bits per heavy atom. The van der Waals surface area contributed by atoms with Crippen LogP contribution in [0.1, 0.15) is 49.5 Å². The van der Waals surface area contributed by atoms with Crippen LogP contribution in [0.2, 0.25) is 0 Å². The topological polar surface area (TPSA) is 55.1 Å². The van der Waals surface area contributed by atoms with E-state index < -0.39 is 11.7 Å². The highest BCUT2D eigenvalue weighted by Crippen LogP contribution is 2.15. The highest BCUT2D eigenvalue weighted by atomic mass is 19.1. The first-order valence-electron chi connectivity index (χ1n) is 6.70. The zero-order valence-electron chi connectivity index (χ0n) is 12.2. The van der Waals surface area contributed by atoms with Crippen LogP contribution in [0.25, 0.3) is 0 Å². The highest BCUT2D eigenvalue weighted by Gasteiger charge is 2.22. The van der Waals surface area contributed by atoms with Gasteiger partial charge in [0.25, 0.3) is 5.91 Å². The number of halogens is 1. The molecule has 0 aliphatic rings. The Morgan fingerprint density at radius 1 is 1.45 bits per heavy atom. The largest absolute Gasteiger partial charge is 0.347 e. The summed E-state index contributed by atoms with van der Waals surface area (Å²) in [5.41, 5.74) is 5.52. The Kier molecular flexibility index (Phi) is 5.72. The van der Waals surface area contributed by atoms with Crippen LogP contribution < -0.4 is 11.1 Å². The lowest BCUT2D eigenvalue weighted by molar-refractivity contribution is 0.0905. The summed E-state index contributed by atoms with van der Waals surface area (Å²) in [6.07, 6.45) is 1.77. The molecule has 20 heavy (non-hydrogen) atoms. The van der Waals surface area contributed by atoms with Crippen molar-refractivity contribution in [2.75, 3.05) is 6.54 Å². The maximum absolute atomic E-state index is 13.8. The molecule has 3 N–H and O–H groups in total. The summed E-state index contributed by atoms with van der Waals surface area (Å²) in [6.45, 7) is 6.11. The van der Waals surface area contributed by atoms with E-state index in [4.69, 9.17) is 5.73 Å². The maximum Gasteiger partial charge on any atom is 0.254 e. The number of rotatable bonds is 4. The van der Waals surface area contributed by atoms with Crippen LogP contribution in [0.4, 0.5) is 4.39 Å². The lowest BCUT2D eigenvalue weighted by atomic mass is 9.98. The summed E-state index contributed by atoms with van der Waals surface area (Å²) >= 11 is 0. The van der Waals surface area contributed by atoms with Gasteiger partial charge in [0.15, 0.2) is 0 Å². The molecule has 0 spiro atoms. The zero-order chi connectivity index (χ0) is 15.2. The fraction of sp³-hybridized carbons (Fsp3) is 0.438. The fourth-order valence-electron chi connectivity index (χ4n) is 1.99. The van der Waals surface area contributed by atoms with E-state index in [9.17, 15) is 9.18 Å². The van der Waals surface area contributed by atoms with Gasteiger partial charge in [0.1, 0.15) is 5.82 Å². The first-order chi connectivity index (χ1) is 9.39. The van der Waals surface area contributed by atoms with Crippen molar-refractivity contribution in [2.24, 2.45) is 5.73 Å². The number of amides is 1. The lowest BCUT2D eigenvalue weighted by Crippen LogP contribution is -2.43. The minimum absolute atomic E-state index is 0.0120. The van der Waals surface area contributed by atoms with Gasteiger partial charge in [-0.25, -0.2) is 4.39 Å². The van der Waals surface area contributed by atoms with Crippen molar-refractivity contribution in [3.63, 3.8) is 0 Å². The molecule has 0 atom stereocenters. The summed E-state index contributed by atoms with van der Waals surface area (Å²) in [7, 11) is 0. The Balaban J connectivity index is 2.97. The number of carbonyl (C=O) groups excluding carboxylic acids is 1. The van der Waals surface area contributed by atoms with Gasteiger partial charge in [0, 0.05) is 11.1 Å². The van der Waals surface area contributed by atoms with Crippen molar-refractivity contribution < 1.29 is 9.18 Å². The number of hydrogen-bond donors (Lipinski definition) is 2. The third-order valence-corrected chi connectivity index (χ3v) is 2.87. The Labute approximate surface area is 119 Å². The van der Waals surface area contributed by atoms with Crippen LogP contribution in [-0.2, 0) is 0 Å². The summed E-state index contributed by atoms with van der Waals surface area (Å²) in [5.74, 6) is 4.51. The molecule has 0 aliphatic heterocycles. The quantitative estimate of drug-likeness (QED) is 0.830. The van der Waals surface area contributed by atoms with E-state index in [-0.39, 0.29) is 17.6 Å². The summed E-state index contributed by atoms with van der Waals surface area (Å²) in [4.78, 5) is 12.2. The van der Waals surface area contributed by atoms with Gasteiger partial charge in [-0.15, -0.1) is 0 Å². The second kappa shape index (κ2) is 7.06. The van der Waals surface area contributed by atoms with Crippen LogP contribution in [0.3, 0.4) is 0 Å². The number of nitrogens with two attached hydrogens (primary N) is 1. The summed E-state index contributed by atoms with van der Waals surface area (Å²) in [5, 5.41) is 2.85. The van der Waals surface area contributed by atoms with Crippen LogP contribution >= 0.6 is 0 Å². The molecule has 0 saturated heterocycles. The van der Waals surface area contributed by atoms with Gasteiger partial charge in [-0.05, 0) is 38.5 Å². The van der Waals surface area contributed by atoms with Crippen molar-refractivity contribution >= 4 is 5.91 Å². The lowest BCUT2D eigenvalue weighted by Gasteiger charge is -2.25. The third kappa shape index (κ3) is 4.67. The minimum Gasteiger partial charge on any atom is -0.347 e. The van der Waals surface area contributed by atoms with Gasteiger partial charge in [-0.1, -0.05) is 25.2 Å². The Hall–Kier alpha value is -1.86. The molecular formula is C16H21FN2O. The molecule has 1 aromatic carbocycles. The molecule has 108 valence electrons. The SMILES string of the molecule is CCCC(C)(C)NC(=O)c1cc(C#CCN)ccc1F. The third-order valence-electron chi connectivity index (χ3n) is 2.87. The molecule has 0 unspecified atom stereocenters. The minimum atomic E-state index is -0.548. The second-order valence-electron chi connectivity index (χ2n) is 5.29.